The van der Waals surface area contributed by atoms with Crippen LogP contribution in [0.3, 0.4) is 0 Å². The second kappa shape index (κ2) is 8.93. The Labute approximate surface area is 194 Å². The molecular weight excluding hydrogens is 445 g/mol. The zero-order valence-corrected chi connectivity index (χ0v) is 18.6. The number of imide groups is 1. The fourth-order valence-electron chi connectivity index (χ4n) is 3.99. The number of halogens is 1. The Morgan fingerprint density at radius 3 is 2.76 bits per heavy atom. The number of aromatic nitrogens is 2. The quantitative estimate of drug-likeness (QED) is 0.691. The first-order chi connectivity index (χ1) is 16.0. The van der Waals surface area contributed by atoms with Crippen LogP contribution in [0.5, 0.6) is 0 Å². The lowest BCUT2D eigenvalue weighted by molar-refractivity contribution is -0.132. The SMILES string of the molecule is O=C1NC(=O)/C(=C\c2ccc(F)c(-c3cncc(N4CCCN(C(=O)C5CC5)CC4)n3)c2)S1. The predicted octanol–water partition coefficient (Wildman–Crippen LogP) is 3.06. The van der Waals surface area contributed by atoms with Gasteiger partial charge < -0.3 is 9.80 Å². The number of thioether (sulfide) groups is 1. The van der Waals surface area contributed by atoms with Gasteiger partial charge in [0.2, 0.25) is 5.91 Å². The third-order valence-electron chi connectivity index (χ3n) is 5.89. The smallest absolute Gasteiger partial charge is 0.290 e. The molecule has 5 rings (SSSR count). The average Bonchev–Trinajstić information content (AvgIpc) is 3.63. The zero-order chi connectivity index (χ0) is 22.9. The molecule has 3 amide bonds. The Hall–Kier alpha value is -3.27. The summed E-state index contributed by atoms with van der Waals surface area (Å²) in [5.41, 5.74) is 1.21. The molecule has 33 heavy (non-hydrogen) atoms. The van der Waals surface area contributed by atoms with Gasteiger partial charge in [0.1, 0.15) is 11.6 Å². The molecule has 170 valence electrons. The van der Waals surface area contributed by atoms with Crippen molar-refractivity contribution in [3.05, 3.63) is 46.9 Å². The van der Waals surface area contributed by atoms with E-state index in [1.54, 1.807) is 24.4 Å². The standard InChI is InChI=1S/C23H22FN5O3S/c24-17-5-2-14(11-19-21(30)27-23(32)33-19)10-16(17)18-12-25-13-20(26-18)28-6-1-7-29(9-8-28)22(31)15-3-4-15/h2,5,10-13,15H,1,3-4,6-9H2,(H,27,30,32)/b19-11+. The molecule has 3 fully saturated rings. The van der Waals surface area contributed by atoms with E-state index in [2.05, 4.69) is 20.2 Å². The van der Waals surface area contributed by atoms with Crippen LogP contribution < -0.4 is 10.2 Å². The van der Waals surface area contributed by atoms with Crippen molar-refractivity contribution in [3.63, 3.8) is 0 Å². The summed E-state index contributed by atoms with van der Waals surface area (Å²) in [5.74, 6) is 0.165. The van der Waals surface area contributed by atoms with E-state index >= 15 is 0 Å². The van der Waals surface area contributed by atoms with E-state index < -0.39 is 17.0 Å². The minimum atomic E-state index is -0.465. The van der Waals surface area contributed by atoms with E-state index in [0.29, 0.717) is 30.2 Å². The Morgan fingerprint density at radius 2 is 2.00 bits per heavy atom. The Morgan fingerprint density at radius 1 is 1.15 bits per heavy atom. The number of amides is 3. The summed E-state index contributed by atoms with van der Waals surface area (Å²) in [6, 6.07) is 4.44. The molecule has 0 radical (unpaired) electrons. The van der Waals surface area contributed by atoms with Gasteiger partial charge in [-0.25, -0.2) is 9.37 Å². The van der Waals surface area contributed by atoms with Crippen LogP contribution in [0.1, 0.15) is 24.8 Å². The van der Waals surface area contributed by atoms with Crippen LogP contribution in [0.2, 0.25) is 0 Å². The van der Waals surface area contributed by atoms with Crippen molar-refractivity contribution >= 4 is 40.7 Å². The van der Waals surface area contributed by atoms with Crippen molar-refractivity contribution in [2.24, 2.45) is 5.92 Å². The van der Waals surface area contributed by atoms with Crippen LogP contribution in [0.25, 0.3) is 17.3 Å². The number of rotatable bonds is 4. The van der Waals surface area contributed by atoms with Crippen LogP contribution in [-0.2, 0) is 9.59 Å². The largest absolute Gasteiger partial charge is 0.353 e. The van der Waals surface area contributed by atoms with Crippen molar-refractivity contribution in [3.8, 4) is 11.3 Å². The second-order valence-electron chi connectivity index (χ2n) is 8.29. The topological polar surface area (TPSA) is 95.5 Å². The molecule has 3 heterocycles. The van der Waals surface area contributed by atoms with Gasteiger partial charge in [0.25, 0.3) is 11.1 Å². The molecule has 0 spiro atoms. The molecule has 0 unspecified atom stereocenters. The van der Waals surface area contributed by atoms with Gasteiger partial charge >= 0.3 is 0 Å². The highest BCUT2D eigenvalue weighted by Gasteiger charge is 2.34. The van der Waals surface area contributed by atoms with Gasteiger partial charge in [0.15, 0.2) is 0 Å². The molecule has 2 saturated heterocycles. The molecule has 8 nitrogen and oxygen atoms in total. The highest BCUT2D eigenvalue weighted by atomic mass is 32.2. The van der Waals surface area contributed by atoms with Crippen LogP contribution in [0.15, 0.2) is 35.5 Å². The van der Waals surface area contributed by atoms with Gasteiger partial charge in [-0.15, -0.1) is 0 Å². The summed E-state index contributed by atoms with van der Waals surface area (Å²) < 4.78 is 14.7. The zero-order valence-electron chi connectivity index (χ0n) is 17.8. The molecule has 0 bridgehead atoms. The summed E-state index contributed by atoms with van der Waals surface area (Å²) in [4.78, 5) is 48.8. The van der Waals surface area contributed by atoms with Crippen molar-refractivity contribution in [2.75, 3.05) is 31.1 Å². The molecule has 1 aromatic carbocycles. The fraction of sp³-hybridized carbons (Fsp3) is 0.348. The molecule has 2 aliphatic heterocycles. The van der Waals surface area contributed by atoms with E-state index in [1.165, 1.54) is 12.3 Å². The Bertz CT molecular complexity index is 1170. The minimum absolute atomic E-state index is 0.205. The summed E-state index contributed by atoms with van der Waals surface area (Å²) >= 11 is 0.810. The Balaban J connectivity index is 1.37. The number of hydrogen-bond donors (Lipinski definition) is 1. The molecule has 2 aromatic rings. The van der Waals surface area contributed by atoms with Crippen LogP contribution in [-0.4, -0.2) is 58.1 Å². The van der Waals surface area contributed by atoms with Crippen molar-refractivity contribution in [2.45, 2.75) is 19.3 Å². The van der Waals surface area contributed by atoms with Crippen LogP contribution in [0.4, 0.5) is 15.0 Å². The second-order valence-corrected chi connectivity index (χ2v) is 9.31. The maximum absolute atomic E-state index is 14.7. The van der Waals surface area contributed by atoms with Gasteiger partial charge in [-0.2, -0.15) is 0 Å². The van der Waals surface area contributed by atoms with Crippen molar-refractivity contribution < 1.29 is 18.8 Å². The predicted molar refractivity (Wildman–Crippen MR) is 123 cm³/mol. The number of anilines is 1. The van der Waals surface area contributed by atoms with Gasteiger partial charge in [-0.1, -0.05) is 6.07 Å². The molecule has 1 aromatic heterocycles. The third-order valence-corrected chi connectivity index (χ3v) is 6.70. The molecule has 3 aliphatic rings. The summed E-state index contributed by atoms with van der Waals surface area (Å²) in [7, 11) is 0. The number of carbonyl (C=O) groups excluding carboxylic acids is 3. The number of nitrogens with one attached hydrogen (secondary N) is 1. The monoisotopic (exact) mass is 467 g/mol. The van der Waals surface area contributed by atoms with Crippen molar-refractivity contribution in [1.82, 2.24) is 20.2 Å². The number of nitrogens with zero attached hydrogens (tertiary/aromatic N) is 4. The highest BCUT2D eigenvalue weighted by molar-refractivity contribution is 8.18. The van der Waals surface area contributed by atoms with E-state index in [-0.39, 0.29) is 22.3 Å². The number of hydrogen-bond acceptors (Lipinski definition) is 7. The molecule has 1 saturated carbocycles. The molecule has 0 atom stereocenters. The lowest BCUT2D eigenvalue weighted by atomic mass is 10.1. The highest BCUT2D eigenvalue weighted by Crippen LogP contribution is 2.32. The maximum atomic E-state index is 14.7. The van der Waals surface area contributed by atoms with Gasteiger partial charge in [0.05, 0.1) is 23.0 Å². The fourth-order valence-corrected chi connectivity index (χ4v) is 4.68. The van der Waals surface area contributed by atoms with Gasteiger partial charge in [-0.3, -0.25) is 24.7 Å². The summed E-state index contributed by atoms with van der Waals surface area (Å²) in [6.07, 6.45) is 7.52. The molecule has 10 heteroatoms. The van der Waals surface area contributed by atoms with E-state index in [1.807, 2.05) is 4.90 Å². The van der Waals surface area contributed by atoms with E-state index in [0.717, 1.165) is 44.1 Å². The Kier molecular flexibility index (Phi) is 5.84. The molecular formula is C23H22FN5O3S. The summed E-state index contributed by atoms with van der Waals surface area (Å²) in [5, 5.41) is 1.77. The third kappa shape index (κ3) is 4.75. The van der Waals surface area contributed by atoms with Gasteiger partial charge in [-0.05, 0) is 54.8 Å². The number of carbonyl (C=O) groups is 3. The maximum Gasteiger partial charge on any atom is 0.290 e. The minimum Gasteiger partial charge on any atom is -0.353 e. The first kappa shape index (κ1) is 21.6. The van der Waals surface area contributed by atoms with E-state index in [4.69, 9.17) is 0 Å². The average molecular weight is 468 g/mol. The number of benzene rings is 1. The first-order valence-electron chi connectivity index (χ1n) is 10.9. The lowest BCUT2D eigenvalue weighted by Crippen LogP contribution is -2.36. The molecule has 1 aliphatic carbocycles. The van der Waals surface area contributed by atoms with Crippen LogP contribution >= 0.6 is 11.8 Å². The van der Waals surface area contributed by atoms with Crippen molar-refractivity contribution in [1.29, 1.82) is 0 Å². The molecule has 1 N–H and O–H groups in total. The summed E-state index contributed by atoms with van der Waals surface area (Å²) in [6.45, 7) is 2.75. The lowest BCUT2D eigenvalue weighted by Gasteiger charge is -2.23. The normalized spacial score (nSPS) is 20.2. The van der Waals surface area contributed by atoms with Gasteiger partial charge in [0, 0.05) is 37.7 Å². The first-order valence-corrected chi connectivity index (χ1v) is 11.7. The van der Waals surface area contributed by atoms with Crippen LogP contribution in [0, 0.1) is 11.7 Å². The van der Waals surface area contributed by atoms with E-state index in [9.17, 15) is 18.8 Å².